The van der Waals surface area contributed by atoms with Crippen LogP contribution in [0.15, 0.2) is 16.3 Å². The van der Waals surface area contributed by atoms with Crippen molar-refractivity contribution >= 4 is 33.0 Å². The first kappa shape index (κ1) is 14.7. The number of hydrogen-bond donors (Lipinski definition) is 2. The summed E-state index contributed by atoms with van der Waals surface area (Å²) in [5, 5.41) is 8.63. The highest BCUT2D eigenvalue weighted by molar-refractivity contribution is 7.91. The lowest BCUT2D eigenvalue weighted by atomic mass is 10.4. The summed E-state index contributed by atoms with van der Waals surface area (Å²) in [5.41, 5.74) is 0. The fourth-order valence-electron chi connectivity index (χ4n) is 0.818. The van der Waals surface area contributed by atoms with Crippen molar-refractivity contribution in [3.63, 3.8) is 0 Å². The van der Waals surface area contributed by atoms with Crippen LogP contribution in [-0.4, -0.2) is 32.3 Å². The molecule has 2 N–H and O–H groups in total. The molecule has 0 bridgehead atoms. The molecule has 98 valence electrons. The van der Waals surface area contributed by atoms with E-state index in [4.69, 9.17) is 16.7 Å². The van der Waals surface area contributed by atoms with Gasteiger partial charge in [-0.25, -0.2) is 13.1 Å². The lowest BCUT2D eigenvalue weighted by Crippen LogP contribution is -2.40. The number of aliphatic hydroxyl groups is 1. The summed E-state index contributed by atoms with van der Waals surface area (Å²) in [6.07, 6.45) is -7.61. The normalized spacial score (nSPS) is 14.9. The third kappa shape index (κ3) is 4.11. The number of nitrogens with one attached hydrogen (secondary N) is 1. The van der Waals surface area contributed by atoms with Gasteiger partial charge in [0, 0.05) is 6.54 Å². The first-order chi connectivity index (χ1) is 7.63. The van der Waals surface area contributed by atoms with Gasteiger partial charge in [0.1, 0.15) is 4.21 Å². The molecule has 0 aliphatic rings. The molecule has 0 aromatic carbocycles. The number of sulfonamides is 1. The van der Waals surface area contributed by atoms with Crippen LogP contribution in [0.4, 0.5) is 13.2 Å². The molecule has 1 heterocycles. The molecule has 0 unspecified atom stereocenters. The maximum atomic E-state index is 11.9. The Morgan fingerprint density at radius 2 is 2.06 bits per heavy atom. The SMILES string of the molecule is O=S(=O)(NC[C@@H](O)C(F)(F)F)c1ccc(Cl)s1. The van der Waals surface area contributed by atoms with Gasteiger partial charge in [-0.1, -0.05) is 11.6 Å². The molecule has 0 saturated carbocycles. The maximum absolute atomic E-state index is 11.9. The predicted molar refractivity (Wildman–Crippen MR) is 56.6 cm³/mol. The van der Waals surface area contributed by atoms with E-state index in [9.17, 15) is 21.6 Å². The van der Waals surface area contributed by atoms with Gasteiger partial charge in [0.25, 0.3) is 0 Å². The van der Waals surface area contributed by atoms with Crippen molar-refractivity contribution in [1.29, 1.82) is 0 Å². The molecule has 0 spiro atoms. The Kier molecular flexibility index (Phi) is 4.42. The summed E-state index contributed by atoms with van der Waals surface area (Å²) in [6, 6.07) is 2.47. The Morgan fingerprint density at radius 1 is 1.47 bits per heavy atom. The second-order valence-electron chi connectivity index (χ2n) is 2.97. The van der Waals surface area contributed by atoms with Gasteiger partial charge in [-0.15, -0.1) is 11.3 Å². The third-order valence-electron chi connectivity index (χ3n) is 1.66. The van der Waals surface area contributed by atoms with E-state index >= 15 is 0 Å². The topological polar surface area (TPSA) is 66.4 Å². The van der Waals surface area contributed by atoms with Crippen LogP contribution in [0.2, 0.25) is 4.34 Å². The molecule has 0 saturated heterocycles. The highest BCUT2D eigenvalue weighted by atomic mass is 35.5. The number of alkyl halides is 3. The predicted octanol–water partition coefficient (Wildman–Crippen LogP) is 1.60. The van der Waals surface area contributed by atoms with Gasteiger partial charge in [0.05, 0.1) is 4.34 Å². The molecule has 0 fully saturated rings. The lowest BCUT2D eigenvalue weighted by Gasteiger charge is -2.14. The van der Waals surface area contributed by atoms with E-state index in [1.807, 2.05) is 0 Å². The van der Waals surface area contributed by atoms with Crippen LogP contribution in [0.1, 0.15) is 0 Å². The van der Waals surface area contributed by atoms with Crippen molar-refractivity contribution < 1.29 is 26.7 Å². The minimum absolute atomic E-state index is 0.196. The zero-order chi connectivity index (χ0) is 13.3. The molecule has 0 aliphatic carbocycles. The van der Waals surface area contributed by atoms with E-state index in [-0.39, 0.29) is 8.55 Å². The zero-order valence-corrected chi connectivity index (χ0v) is 10.4. The van der Waals surface area contributed by atoms with Crippen LogP contribution in [0.3, 0.4) is 0 Å². The van der Waals surface area contributed by atoms with Crippen molar-refractivity contribution in [1.82, 2.24) is 4.72 Å². The minimum Gasteiger partial charge on any atom is -0.382 e. The van der Waals surface area contributed by atoms with Crippen LogP contribution >= 0.6 is 22.9 Å². The van der Waals surface area contributed by atoms with E-state index in [2.05, 4.69) is 0 Å². The van der Waals surface area contributed by atoms with Gasteiger partial charge >= 0.3 is 6.18 Å². The Balaban J connectivity index is 2.69. The molecular formula is C7H7ClF3NO3S2. The first-order valence-corrected chi connectivity index (χ1v) is 6.80. The molecule has 4 nitrogen and oxygen atoms in total. The molecule has 1 rings (SSSR count). The van der Waals surface area contributed by atoms with Crippen molar-refractivity contribution in [2.75, 3.05) is 6.54 Å². The number of aliphatic hydroxyl groups excluding tert-OH is 1. The fourth-order valence-corrected chi connectivity index (χ4v) is 3.38. The summed E-state index contributed by atoms with van der Waals surface area (Å²) in [7, 11) is -4.07. The Bertz CT molecular complexity index is 485. The molecule has 0 aliphatic heterocycles. The van der Waals surface area contributed by atoms with Crippen molar-refractivity contribution in [3.05, 3.63) is 16.5 Å². The van der Waals surface area contributed by atoms with Gasteiger partial charge in [0.15, 0.2) is 6.10 Å². The molecule has 10 heteroatoms. The minimum atomic E-state index is -4.87. The largest absolute Gasteiger partial charge is 0.415 e. The van der Waals surface area contributed by atoms with Gasteiger partial charge in [-0.05, 0) is 12.1 Å². The summed E-state index contributed by atoms with van der Waals surface area (Å²) in [6.45, 7) is -1.14. The number of rotatable bonds is 4. The Labute approximate surface area is 104 Å². The van der Waals surface area contributed by atoms with Crippen molar-refractivity contribution in [2.24, 2.45) is 0 Å². The number of hydrogen-bond acceptors (Lipinski definition) is 4. The standard InChI is InChI=1S/C7H7ClF3NO3S2/c8-5-1-2-6(16-5)17(14,15)12-3-4(13)7(9,10)11/h1-2,4,12-13H,3H2/t4-/m1/s1. The second-order valence-corrected chi connectivity index (χ2v) is 6.68. The number of halogens is 4. The summed E-state index contributed by atoms with van der Waals surface area (Å²) >= 11 is 6.20. The monoisotopic (exact) mass is 309 g/mol. The van der Waals surface area contributed by atoms with Crippen LogP contribution < -0.4 is 4.72 Å². The zero-order valence-electron chi connectivity index (χ0n) is 8.03. The smallest absolute Gasteiger partial charge is 0.382 e. The molecule has 0 amide bonds. The Hall–Kier alpha value is -0.350. The van der Waals surface area contributed by atoms with Crippen molar-refractivity contribution in [2.45, 2.75) is 16.5 Å². The van der Waals surface area contributed by atoms with E-state index in [1.54, 1.807) is 4.72 Å². The van der Waals surface area contributed by atoms with Gasteiger partial charge in [-0.3, -0.25) is 0 Å². The van der Waals surface area contributed by atoms with Crippen LogP contribution in [0.5, 0.6) is 0 Å². The third-order valence-corrected chi connectivity index (χ3v) is 4.80. The summed E-state index contributed by atoms with van der Waals surface area (Å²) < 4.78 is 60.3. The van der Waals surface area contributed by atoms with E-state index < -0.39 is 28.8 Å². The molecule has 0 radical (unpaired) electrons. The van der Waals surface area contributed by atoms with E-state index in [0.29, 0.717) is 11.3 Å². The highest BCUT2D eigenvalue weighted by Crippen LogP contribution is 2.25. The van der Waals surface area contributed by atoms with Gasteiger partial charge < -0.3 is 5.11 Å². The van der Waals surface area contributed by atoms with Gasteiger partial charge in [0.2, 0.25) is 10.0 Å². The average Bonchev–Trinajstić information content (AvgIpc) is 2.60. The van der Waals surface area contributed by atoms with Crippen molar-refractivity contribution in [3.8, 4) is 0 Å². The molecular weight excluding hydrogens is 303 g/mol. The molecule has 1 aromatic rings. The quantitative estimate of drug-likeness (QED) is 0.888. The van der Waals surface area contributed by atoms with Crippen LogP contribution in [-0.2, 0) is 10.0 Å². The maximum Gasteiger partial charge on any atom is 0.415 e. The fraction of sp³-hybridized carbons (Fsp3) is 0.429. The van der Waals surface area contributed by atoms with Crippen LogP contribution in [0, 0.1) is 0 Å². The van der Waals surface area contributed by atoms with E-state index in [1.165, 1.54) is 6.07 Å². The van der Waals surface area contributed by atoms with Crippen LogP contribution in [0.25, 0.3) is 0 Å². The number of thiophene rings is 1. The Morgan fingerprint density at radius 3 is 2.47 bits per heavy atom. The molecule has 1 aromatic heterocycles. The average molecular weight is 310 g/mol. The lowest BCUT2D eigenvalue weighted by molar-refractivity contribution is -0.200. The summed E-state index contributed by atoms with van der Waals surface area (Å²) in [4.78, 5) is 0. The molecule has 17 heavy (non-hydrogen) atoms. The van der Waals surface area contributed by atoms with E-state index in [0.717, 1.165) is 6.07 Å². The second kappa shape index (κ2) is 5.11. The van der Waals surface area contributed by atoms with Gasteiger partial charge in [-0.2, -0.15) is 13.2 Å². The summed E-state index contributed by atoms with van der Waals surface area (Å²) in [5.74, 6) is 0. The molecule has 1 atom stereocenters. The highest BCUT2D eigenvalue weighted by Gasteiger charge is 2.38. The first-order valence-electron chi connectivity index (χ1n) is 4.13.